The van der Waals surface area contributed by atoms with E-state index in [0.29, 0.717) is 22.9 Å². The highest BCUT2D eigenvalue weighted by Crippen LogP contribution is 2.06. The number of esters is 1. The minimum Gasteiger partial charge on any atom is -0.449 e. The molecular formula is C14H16N2O3S. The molecule has 1 aliphatic heterocycles. The van der Waals surface area contributed by atoms with Crippen LogP contribution in [0.3, 0.4) is 0 Å². The van der Waals surface area contributed by atoms with Gasteiger partial charge in [-0.2, -0.15) is 0 Å². The first kappa shape index (κ1) is 16.0. The van der Waals surface area contributed by atoms with Gasteiger partial charge in [0.15, 0.2) is 11.7 Å². The van der Waals surface area contributed by atoms with Crippen LogP contribution in [-0.2, 0) is 14.3 Å². The van der Waals surface area contributed by atoms with E-state index in [1.165, 1.54) is 0 Å². The van der Waals surface area contributed by atoms with Crippen LogP contribution in [0.1, 0.15) is 13.8 Å². The van der Waals surface area contributed by atoms with Crippen molar-refractivity contribution in [2.75, 3.05) is 19.8 Å². The molecule has 0 saturated carbocycles. The molecule has 6 heteroatoms. The van der Waals surface area contributed by atoms with Crippen molar-refractivity contribution >= 4 is 23.3 Å². The summed E-state index contributed by atoms with van der Waals surface area (Å²) in [5.74, 6) is 7.40. The lowest BCUT2D eigenvalue weighted by molar-refractivity contribution is -0.137. The highest BCUT2D eigenvalue weighted by Gasteiger charge is 2.19. The van der Waals surface area contributed by atoms with Gasteiger partial charge in [0.1, 0.15) is 12.7 Å². The molecule has 0 spiro atoms. The third-order valence-corrected chi connectivity index (χ3v) is 2.71. The lowest BCUT2D eigenvalue weighted by Crippen LogP contribution is -2.42. The first-order chi connectivity index (χ1) is 9.54. The molecule has 1 unspecified atom stereocenters. The van der Waals surface area contributed by atoms with Gasteiger partial charge in [-0.05, 0) is 26.1 Å². The molecule has 0 aromatic rings. The van der Waals surface area contributed by atoms with E-state index in [0.717, 1.165) is 0 Å². The van der Waals surface area contributed by atoms with Crippen LogP contribution >= 0.6 is 12.2 Å². The number of ether oxygens (including phenoxy) is 2. The van der Waals surface area contributed by atoms with Crippen LogP contribution in [0.15, 0.2) is 11.3 Å². The molecule has 1 atom stereocenters. The summed E-state index contributed by atoms with van der Waals surface area (Å²) in [6.45, 7) is 4.09. The van der Waals surface area contributed by atoms with Crippen molar-refractivity contribution in [3.63, 3.8) is 0 Å². The zero-order valence-corrected chi connectivity index (χ0v) is 12.2. The smallest absolute Gasteiger partial charge is 0.338 e. The number of carbonyl (C=O) groups is 1. The van der Waals surface area contributed by atoms with Gasteiger partial charge >= 0.3 is 5.97 Å². The topological polar surface area (TPSA) is 59.6 Å². The van der Waals surface area contributed by atoms with Crippen LogP contribution in [0.2, 0.25) is 0 Å². The van der Waals surface area contributed by atoms with E-state index < -0.39 is 5.97 Å². The van der Waals surface area contributed by atoms with Crippen LogP contribution in [-0.4, -0.2) is 36.9 Å². The number of hydrogen-bond donors (Lipinski definition) is 2. The summed E-state index contributed by atoms with van der Waals surface area (Å²) < 4.78 is 10.2. The van der Waals surface area contributed by atoms with Crippen molar-refractivity contribution < 1.29 is 14.3 Å². The Morgan fingerprint density at radius 3 is 2.85 bits per heavy atom. The molecule has 20 heavy (non-hydrogen) atoms. The van der Waals surface area contributed by atoms with E-state index >= 15 is 0 Å². The van der Waals surface area contributed by atoms with Crippen molar-refractivity contribution in [3.8, 4) is 24.2 Å². The Morgan fingerprint density at radius 1 is 1.50 bits per heavy atom. The molecule has 0 aliphatic carbocycles. The molecule has 1 rings (SSSR count). The molecule has 0 aromatic heterocycles. The second-order valence-corrected chi connectivity index (χ2v) is 4.37. The predicted octanol–water partition coefficient (Wildman–Crippen LogP) is 0.323. The maximum Gasteiger partial charge on any atom is 0.338 e. The lowest BCUT2D eigenvalue weighted by Gasteiger charge is -2.20. The van der Waals surface area contributed by atoms with Crippen LogP contribution < -0.4 is 10.6 Å². The highest BCUT2D eigenvalue weighted by molar-refractivity contribution is 7.80. The number of hydrogen-bond acceptors (Lipinski definition) is 4. The number of terminal acetylenes is 1. The van der Waals surface area contributed by atoms with Gasteiger partial charge < -0.3 is 20.1 Å². The minimum atomic E-state index is -0.419. The van der Waals surface area contributed by atoms with E-state index in [1.807, 2.05) is 0 Å². The Morgan fingerprint density at radius 2 is 2.20 bits per heavy atom. The van der Waals surface area contributed by atoms with Gasteiger partial charge in [-0.3, -0.25) is 0 Å². The zero-order valence-electron chi connectivity index (χ0n) is 11.4. The van der Waals surface area contributed by atoms with Gasteiger partial charge in [0.05, 0.1) is 12.1 Å². The average Bonchev–Trinajstić information content (AvgIpc) is 2.42. The van der Waals surface area contributed by atoms with E-state index in [4.69, 9.17) is 28.1 Å². The molecule has 1 aliphatic rings. The molecule has 0 bridgehead atoms. The van der Waals surface area contributed by atoms with Crippen molar-refractivity contribution in [2.24, 2.45) is 0 Å². The largest absolute Gasteiger partial charge is 0.449 e. The van der Waals surface area contributed by atoms with E-state index in [9.17, 15) is 4.79 Å². The molecule has 0 saturated heterocycles. The van der Waals surface area contributed by atoms with Gasteiger partial charge in [-0.15, -0.1) is 6.42 Å². The Hall–Kier alpha value is -2.02. The second kappa shape index (κ2) is 8.21. The Labute approximate surface area is 124 Å². The quantitative estimate of drug-likeness (QED) is 0.442. The molecule has 106 valence electrons. The lowest BCUT2D eigenvalue weighted by atomic mass is 10.2. The first-order valence-electron chi connectivity index (χ1n) is 5.99. The number of rotatable bonds is 4. The number of thiocarbonyl (C=S) groups is 1. The van der Waals surface area contributed by atoms with Crippen LogP contribution in [0.25, 0.3) is 0 Å². The number of allylic oxidation sites excluding steroid dienone is 1. The molecule has 0 aromatic carbocycles. The SMILES string of the molecule is C#CC(C)OCC#CCOC(=O)C1=C(C)NC(=S)NC1. The molecule has 2 N–H and O–H groups in total. The zero-order chi connectivity index (χ0) is 15.0. The predicted molar refractivity (Wildman–Crippen MR) is 79.4 cm³/mol. The monoisotopic (exact) mass is 292 g/mol. The van der Waals surface area contributed by atoms with Crippen molar-refractivity contribution in [1.29, 1.82) is 0 Å². The van der Waals surface area contributed by atoms with E-state index in [-0.39, 0.29) is 19.3 Å². The van der Waals surface area contributed by atoms with Crippen LogP contribution in [0, 0.1) is 24.2 Å². The number of carbonyl (C=O) groups excluding carboxylic acids is 1. The summed E-state index contributed by atoms with van der Waals surface area (Å²) in [6.07, 6.45) is 4.86. The van der Waals surface area contributed by atoms with Gasteiger partial charge in [0.2, 0.25) is 0 Å². The van der Waals surface area contributed by atoms with E-state index in [2.05, 4.69) is 28.4 Å². The fourth-order valence-electron chi connectivity index (χ4n) is 1.32. The average molecular weight is 292 g/mol. The maximum absolute atomic E-state index is 11.8. The molecule has 0 radical (unpaired) electrons. The Bertz CT molecular complexity index is 523. The number of nitrogens with one attached hydrogen (secondary N) is 2. The second-order valence-electron chi connectivity index (χ2n) is 3.96. The third kappa shape index (κ3) is 5.31. The third-order valence-electron chi connectivity index (χ3n) is 2.47. The van der Waals surface area contributed by atoms with Crippen molar-refractivity contribution in [3.05, 3.63) is 11.3 Å². The first-order valence-corrected chi connectivity index (χ1v) is 6.40. The molecular weight excluding hydrogens is 276 g/mol. The molecule has 0 amide bonds. The molecule has 0 fully saturated rings. The maximum atomic E-state index is 11.8. The summed E-state index contributed by atoms with van der Waals surface area (Å²) in [4.78, 5) is 11.8. The highest BCUT2D eigenvalue weighted by atomic mass is 32.1. The van der Waals surface area contributed by atoms with Crippen molar-refractivity contribution in [2.45, 2.75) is 20.0 Å². The van der Waals surface area contributed by atoms with E-state index in [1.54, 1.807) is 13.8 Å². The summed E-state index contributed by atoms with van der Waals surface area (Å²) in [6, 6.07) is 0. The normalized spacial score (nSPS) is 15.2. The summed E-state index contributed by atoms with van der Waals surface area (Å²) in [5.41, 5.74) is 1.20. The minimum absolute atomic E-state index is 0.00779. The summed E-state index contributed by atoms with van der Waals surface area (Å²) in [5, 5.41) is 6.22. The standard InChI is InChI=1S/C14H16N2O3S/c1-4-10(2)18-7-5-6-8-19-13(17)12-9-15-14(20)16-11(12)3/h1,10H,7-9H2,2-3H3,(H2,15,16,20). The van der Waals surface area contributed by atoms with Crippen molar-refractivity contribution in [1.82, 2.24) is 10.6 Å². The molecule has 1 heterocycles. The van der Waals surface area contributed by atoms with Crippen LogP contribution in [0.5, 0.6) is 0 Å². The fraction of sp³-hybridized carbons (Fsp3) is 0.429. The van der Waals surface area contributed by atoms with Gasteiger partial charge in [-0.1, -0.05) is 17.8 Å². The fourth-order valence-corrected chi connectivity index (χ4v) is 1.55. The van der Waals surface area contributed by atoms with Crippen LogP contribution in [0.4, 0.5) is 0 Å². The Balaban J connectivity index is 2.34. The molecule has 5 nitrogen and oxygen atoms in total. The Kier molecular flexibility index (Phi) is 6.58. The summed E-state index contributed by atoms with van der Waals surface area (Å²) >= 11 is 4.93. The van der Waals surface area contributed by atoms with Gasteiger partial charge in [0, 0.05) is 5.70 Å². The van der Waals surface area contributed by atoms with Gasteiger partial charge in [-0.25, -0.2) is 4.79 Å². The van der Waals surface area contributed by atoms with Gasteiger partial charge in [0.25, 0.3) is 0 Å². The summed E-state index contributed by atoms with van der Waals surface area (Å²) in [7, 11) is 0.